The standard InChI is InChI=1S/C75H93O4P/c1-46(61-40-67-64(37-49(61)4)70(10,11)52(7)73(67,16)17)34-55-22-28-58(29-23-55)43-77-80(76,78-44-59-30-24-56(25-31-59)35-47(2)62-41-68-65(38-50(62)5)71(12,13)53(8)74(68,18)19)79-45-60-32-26-57(27-33-60)36-48(3)63-42-69-66(39-51(63)6)72(14,15)54(9)75(69,20)21/h22-42,52-54H,43-45H2,1-21H3/b46-34+,47-35+,48-36+. The zero-order valence-corrected chi connectivity index (χ0v) is 53.5. The van der Waals surface area contributed by atoms with Crippen molar-refractivity contribution >= 4 is 42.8 Å². The maximum atomic E-state index is 14.8. The molecule has 80 heavy (non-hydrogen) atoms. The molecule has 3 aliphatic carbocycles. The summed E-state index contributed by atoms with van der Waals surface area (Å²) in [5, 5.41) is 0. The fourth-order valence-corrected chi connectivity index (χ4v) is 15.5. The SMILES string of the molecule is C/C(=C\c1ccc(COP(=O)(OCc2ccc(/C=C(\C)c3cc4c(cc3C)C(C)(C)C(C)C4(C)C)cc2)OCc2ccc(/C=C(\C)c3cc4c(cc3C)C(C)(C)C(C)C4(C)C)cc2)cc1)c1cc2c(cc1C)C(C)(C)C(C)C2(C)C. The van der Waals surface area contributed by atoms with Crippen molar-refractivity contribution in [2.24, 2.45) is 17.8 Å². The lowest BCUT2D eigenvalue weighted by Crippen LogP contribution is -2.30. The maximum Gasteiger partial charge on any atom is 0.475 e. The van der Waals surface area contributed by atoms with Crippen molar-refractivity contribution in [1.82, 2.24) is 0 Å². The largest absolute Gasteiger partial charge is 0.475 e. The Labute approximate surface area is 483 Å². The van der Waals surface area contributed by atoms with Crippen LogP contribution in [0.15, 0.2) is 109 Å². The highest BCUT2D eigenvalue weighted by atomic mass is 31.2. The van der Waals surface area contributed by atoms with Crippen molar-refractivity contribution in [2.45, 2.75) is 198 Å². The number of phosphoric acid groups is 1. The molecule has 0 amide bonds. The predicted molar refractivity (Wildman–Crippen MR) is 341 cm³/mol. The third-order valence-corrected chi connectivity index (χ3v) is 22.6. The average molecular weight is 1090 g/mol. The van der Waals surface area contributed by atoms with Gasteiger partial charge in [0.25, 0.3) is 0 Å². The van der Waals surface area contributed by atoms with Gasteiger partial charge in [0.1, 0.15) is 0 Å². The van der Waals surface area contributed by atoms with Crippen molar-refractivity contribution in [3.8, 4) is 0 Å². The second-order valence-electron chi connectivity index (χ2n) is 28.1. The van der Waals surface area contributed by atoms with Gasteiger partial charge in [-0.1, -0.05) is 231 Å². The highest BCUT2D eigenvalue weighted by Crippen LogP contribution is 2.58. The molecule has 0 saturated heterocycles. The van der Waals surface area contributed by atoms with Gasteiger partial charge in [0.15, 0.2) is 0 Å². The molecule has 5 heteroatoms. The Morgan fingerprint density at radius 3 is 0.787 bits per heavy atom. The van der Waals surface area contributed by atoms with Crippen molar-refractivity contribution in [3.05, 3.63) is 209 Å². The van der Waals surface area contributed by atoms with E-state index in [4.69, 9.17) is 13.6 Å². The second kappa shape index (κ2) is 21.1. The third-order valence-electron chi connectivity index (χ3n) is 21.3. The van der Waals surface area contributed by atoms with Gasteiger partial charge in [0.2, 0.25) is 0 Å². The van der Waals surface area contributed by atoms with Crippen LogP contribution >= 0.6 is 7.82 Å². The summed E-state index contributed by atoms with van der Waals surface area (Å²) in [4.78, 5) is 0. The Morgan fingerprint density at radius 1 is 0.375 bits per heavy atom. The van der Waals surface area contributed by atoms with Crippen LogP contribution in [-0.4, -0.2) is 0 Å². The molecule has 0 N–H and O–H groups in total. The summed E-state index contributed by atoms with van der Waals surface area (Å²) in [6, 6.07) is 39.4. The van der Waals surface area contributed by atoms with Crippen LogP contribution < -0.4 is 0 Å². The quantitative estimate of drug-likeness (QED) is 0.0759. The van der Waals surface area contributed by atoms with E-state index in [1.54, 1.807) is 0 Å². The lowest BCUT2D eigenvalue weighted by Gasteiger charge is -2.32. The molecule has 3 atom stereocenters. The van der Waals surface area contributed by atoms with Gasteiger partial charge in [-0.15, -0.1) is 0 Å². The molecule has 0 aromatic heterocycles. The first-order chi connectivity index (χ1) is 37.2. The number of benzene rings is 6. The highest BCUT2D eigenvalue weighted by Gasteiger charge is 2.51. The van der Waals surface area contributed by atoms with E-state index >= 15 is 0 Å². The minimum absolute atomic E-state index is 0.0602. The molecule has 3 aliphatic rings. The Bertz CT molecular complexity index is 3130. The van der Waals surface area contributed by atoms with Gasteiger partial charge < -0.3 is 0 Å². The number of phosphoric ester groups is 1. The van der Waals surface area contributed by atoms with Crippen LogP contribution in [0.5, 0.6) is 0 Å². The smallest absolute Gasteiger partial charge is 0.282 e. The zero-order chi connectivity index (χ0) is 58.4. The molecule has 6 aromatic rings. The average Bonchev–Trinajstić information content (AvgIpc) is 3.85. The predicted octanol–water partition coefficient (Wildman–Crippen LogP) is 21.0. The van der Waals surface area contributed by atoms with Gasteiger partial charge in [0, 0.05) is 0 Å². The van der Waals surface area contributed by atoms with E-state index in [1.165, 1.54) is 83.5 Å². The molecule has 0 saturated carbocycles. The Morgan fingerprint density at radius 2 is 0.575 bits per heavy atom. The molecule has 0 spiro atoms. The lowest BCUT2D eigenvalue weighted by molar-refractivity contribution is 0.0978. The Balaban J connectivity index is 0.916. The molecule has 422 valence electrons. The first-order valence-corrected chi connectivity index (χ1v) is 31.0. The van der Waals surface area contributed by atoms with E-state index in [2.05, 4.69) is 236 Å². The van der Waals surface area contributed by atoms with Crippen LogP contribution in [0.25, 0.3) is 34.9 Å². The topological polar surface area (TPSA) is 44.8 Å². The fourth-order valence-electron chi connectivity index (χ4n) is 14.4. The number of rotatable bonds is 15. The van der Waals surface area contributed by atoms with Crippen molar-refractivity contribution in [3.63, 3.8) is 0 Å². The first-order valence-electron chi connectivity index (χ1n) is 29.5. The Kier molecular flexibility index (Phi) is 15.7. The molecule has 4 nitrogen and oxygen atoms in total. The molecule has 0 heterocycles. The van der Waals surface area contributed by atoms with E-state index in [0.717, 1.165) is 33.4 Å². The van der Waals surface area contributed by atoms with E-state index in [-0.39, 0.29) is 52.3 Å². The summed E-state index contributed by atoms with van der Waals surface area (Å²) in [5.74, 6) is 1.60. The zero-order valence-electron chi connectivity index (χ0n) is 52.6. The fraction of sp³-hybridized carbons (Fsp3) is 0.440. The van der Waals surface area contributed by atoms with Crippen LogP contribution in [0.1, 0.15) is 225 Å². The number of allylic oxidation sites excluding steroid dienone is 3. The minimum Gasteiger partial charge on any atom is -0.282 e. The summed E-state index contributed by atoms with van der Waals surface area (Å²) < 4.78 is 33.5. The van der Waals surface area contributed by atoms with Crippen LogP contribution in [0.2, 0.25) is 0 Å². The summed E-state index contributed by atoms with van der Waals surface area (Å²) in [6.07, 6.45) is 6.76. The maximum absolute atomic E-state index is 14.8. The highest BCUT2D eigenvalue weighted by molar-refractivity contribution is 7.48. The van der Waals surface area contributed by atoms with Crippen LogP contribution in [0.3, 0.4) is 0 Å². The lowest BCUT2D eigenvalue weighted by atomic mass is 9.71. The van der Waals surface area contributed by atoms with E-state index in [9.17, 15) is 4.57 Å². The minimum atomic E-state index is -4.09. The second-order valence-corrected chi connectivity index (χ2v) is 29.8. The molecule has 9 rings (SSSR count). The molecule has 6 aromatic carbocycles. The van der Waals surface area contributed by atoms with Crippen molar-refractivity contribution < 1.29 is 18.1 Å². The van der Waals surface area contributed by atoms with E-state index in [1.807, 2.05) is 36.4 Å². The van der Waals surface area contributed by atoms with Gasteiger partial charge in [-0.25, -0.2) is 4.57 Å². The first kappa shape index (κ1) is 59.3. The van der Waals surface area contributed by atoms with Crippen LogP contribution in [0, 0.1) is 38.5 Å². The van der Waals surface area contributed by atoms with Gasteiger partial charge in [-0.2, -0.15) is 0 Å². The molecular weight excluding hydrogens is 996 g/mol. The molecular formula is C75H93O4P. The van der Waals surface area contributed by atoms with Crippen LogP contribution in [-0.2, 0) is 70.4 Å². The van der Waals surface area contributed by atoms with E-state index < -0.39 is 7.82 Å². The molecule has 0 fully saturated rings. The number of fused-ring (bicyclic) bond motifs is 3. The van der Waals surface area contributed by atoms with Gasteiger partial charge in [-0.05, 0) is 209 Å². The van der Waals surface area contributed by atoms with Gasteiger partial charge in [-0.3, -0.25) is 13.6 Å². The summed E-state index contributed by atoms with van der Waals surface area (Å²) in [5.41, 5.74) is 26.7. The van der Waals surface area contributed by atoms with Gasteiger partial charge >= 0.3 is 7.82 Å². The van der Waals surface area contributed by atoms with Gasteiger partial charge in [0.05, 0.1) is 19.8 Å². The summed E-state index contributed by atoms with van der Waals surface area (Å²) >= 11 is 0. The number of aryl methyl sites for hydroxylation is 3. The normalized spacial score (nSPS) is 22.0. The van der Waals surface area contributed by atoms with Crippen molar-refractivity contribution in [1.29, 1.82) is 0 Å². The molecule has 0 aliphatic heterocycles. The molecule has 0 radical (unpaired) electrons. The molecule has 0 bridgehead atoms. The Hall–Kier alpha value is -5.35. The number of hydrogen-bond donors (Lipinski definition) is 0. The summed E-state index contributed by atoms with van der Waals surface area (Å²) in [7, 11) is -4.09. The van der Waals surface area contributed by atoms with E-state index in [0.29, 0.717) is 17.8 Å². The monoisotopic (exact) mass is 1090 g/mol. The summed E-state index contributed by atoms with van der Waals surface area (Å²) in [6.45, 7) is 49.4. The number of hydrogen-bond acceptors (Lipinski definition) is 4. The van der Waals surface area contributed by atoms with Crippen molar-refractivity contribution in [2.75, 3.05) is 0 Å². The van der Waals surface area contributed by atoms with Crippen LogP contribution in [0.4, 0.5) is 0 Å². The third kappa shape index (κ3) is 10.7. The molecule has 3 unspecified atom stereocenters.